The fourth-order valence-electron chi connectivity index (χ4n) is 0. The van der Waals surface area contributed by atoms with E-state index < -0.39 is 15.5 Å². The summed E-state index contributed by atoms with van der Waals surface area (Å²) in [6.07, 6.45) is 0. The SMILES string of the molecule is O=S(=O)([O-])[O-].O=[N+]([O-])[O-].[Ag+].[Ag+].[Ag+]. The van der Waals surface area contributed by atoms with E-state index in [2.05, 4.69) is 0 Å². The molecule has 0 spiro atoms. The van der Waals surface area contributed by atoms with Gasteiger partial charge >= 0.3 is 67.1 Å². The Morgan fingerprint density at radius 3 is 0.917 bits per heavy atom. The molecule has 0 bridgehead atoms. The minimum absolute atomic E-state index is 0. The molecule has 0 fully saturated rings. The molecule has 0 aliphatic rings. The van der Waals surface area contributed by atoms with Gasteiger partial charge < -0.3 is 24.4 Å². The van der Waals surface area contributed by atoms with Crippen molar-refractivity contribution in [3.8, 4) is 0 Å². The quantitative estimate of drug-likeness (QED) is 0.133. The predicted octanol–water partition coefficient (Wildman–Crippen LogP) is -1.58. The zero-order valence-corrected chi connectivity index (χ0v) is 9.88. The van der Waals surface area contributed by atoms with Gasteiger partial charge in [-0.05, 0) is 0 Å². The number of hydrogen-bond donors (Lipinski definition) is 0. The Morgan fingerprint density at radius 2 is 0.917 bits per heavy atom. The minimum Gasteiger partial charge on any atom is -0.759 e. The first-order chi connectivity index (χ1) is 3.73. The molecular formula is Ag3NO7S. The summed E-state index contributed by atoms with van der Waals surface area (Å²) >= 11 is 0. The van der Waals surface area contributed by atoms with Gasteiger partial charge in [0.25, 0.3) is 0 Å². The van der Waals surface area contributed by atoms with E-state index in [0.717, 1.165) is 0 Å². The van der Waals surface area contributed by atoms with Crippen molar-refractivity contribution in [3.63, 3.8) is 0 Å². The standard InChI is InChI=1S/3Ag.NO3.H2O4S/c;;;2-1(3)4;1-5(2,3)4/h;;;;(H2,1,2,3,4)/q3*+1;-1;/p-2. The topological polar surface area (TPSA) is 146 Å². The summed E-state index contributed by atoms with van der Waals surface area (Å²) in [5.74, 6) is 0. The van der Waals surface area contributed by atoms with E-state index in [-0.39, 0.29) is 67.1 Å². The summed E-state index contributed by atoms with van der Waals surface area (Å²) in [5.41, 5.74) is 0. The molecule has 86 valence electrons. The van der Waals surface area contributed by atoms with Gasteiger partial charge in [0.15, 0.2) is 0 Å². The van der Waals surface area contributed by atoms with Crippen LogP contribution < -0.4 is 0 Å². The van der Waals surface area contributed by atoms with Crippen molar-refractivity contribution in [2.45, 2.75) is 0 Å². The molecule has 0 heterocycles. The molecule has 0 amide bonds. The molecule has 0 radical (unpaired) electrons. The van der Waals surface area contributed by atoms with Gasteiger partial charge in [-0.25, -0.2) is 0 Å². The molecule has 0 N–H and O–H groups in total. The average Bonchev–Trinajstić information content (AvgIpc) is 1.19. The molecule has 0 unspecified atom stereocenters. The maximum atomic E-state index is 8.52. The molecule has 0 aliphatic carbocycles. The molecule has 12 heavy (non-hydrogen) atoms. The Labute approximate surface area is 114 Å². The average molecular weight is 482 g/mol. The predicted molar refractivity (Wildman–Crippen MR) is 20.8 cm³/mol. The molecular weight excluding hydrogens is 482 g/mol. The molecule has 0 atom stereocenters. The summed E-state index contributed by atoms with van der Waals surface area (Å²) in [4.78, 5) is 8.25. The van der Waals surface area contributed by atoms with Crippen LogP contribution in [0.5, 0.6) is 0 Å². The summed E-state index contributed by atoms with van der Waals surface area (Å²) in [6.45, 7) is 0. The van der Waals surface area contributed by atoms with Crippen LogP contribution in [0.3, 0.4) is 0 Å². The molecule has 0 aromatic heterocycles. The third-order valence-corrected chi connectivity index (χ3v) is 0. The van der Waals surface area contributed by atoms with Crippen molar-refractivity contribution in [1.29, 1.82) is 0 Å². The maximum absolute atomic E-state index is 8.52. The first kappa shape index (κ1) is 29.2. The maximum Gasteiger partial charge on any atom is 1.00 e. The number of rotatable bonds is 0. The van der Waals surface area contributed by atoms with Crippen LogP contribution >= 0.6 is 0 Å². The second-order valence-electron chi connectivity index (χ2n) is 0.632. The van der Waals surface area contributed by atoms with Crippen LogP contribution in [0, 0.1) is 15.3 Å². The van der Waals surface area contributed by atoms with Crippen molar-refractivity contribution in [1.82, 2.24) is 0 Å². The van der Waals surface area contributed by atoms with Gasteiger partial charge in [-0.1, -0.05) is 0 Å². The van der Waals surface area contributed by atoms with Crippen molar-refractivity contribution in [3.05, 3.63) is 15.3 Å². The van der Waals surface area contributed by atoms with Gasteiger partial charge in [0, 0.05) is 10.4 Å². The zero-order valence-electron chi connectivity index (χ0n) is 4.62. The van der Waals surface area contributed by atoms with Crippen molar-refractivity contribution < 1.29 is 89.8 Å². The smallest absolute Gasteiger partial charge is 0.759 e. The Bertz CT molecular complexity index is 161. The second-order valence-corrected chi connectivity index (χ2v) is 1.45. The van der Waals surface area contributed by atoms with Crippen molar-refractivity contribution in [2.24, 2.45) is 0 Å². The molecule has 0 aromatic carbocycles. The van der Waals surface area contributed by atoms with E-state index in [4.69, 9.17) is 32.8 Å². The van der Waals surface area contributed by atoms with Crippen LogP contribution in [-0.4, -0.2) is 22.6 Å². The molecule has 0 saturated heterocycles. The Hall–Kier alpha value is 1.29. The number of nitrogens with zero attached hydrogens (tertiary/aromatic N) is 1. The Balaban J connectivity index is -0.0000000221. The van der Waals surface area contributed by atoms with Gasteiger partial charge in [-0.3, -0.25) is 8.42 Å². The molecule has 12 heteroatoms. The van der Waals surface area contributed by atoms with Crippen molar-refractivity contribution >= 4 is 10.4 Å². The fraction of sp³-hybridized carbons (Fsp3) is 0. The normalized spacial score (nSPS) is 6.83. The Morgan fingerprint density at radius 1 is 0.917 bits per heavy atom. The first-order valence-electron chi connectivity index (χ1n) is 1.21. The third-order valence-electron chi connectivity index (χ3n) is 0. The minimum atomic E-state index is -5.17. The van der Waals surface area contributed by atoms with E-state index in [1.807, 2.05) is 0 Å². The van der Waals surface area contributed by atoms with Gasteiger partial charge in [-0.15, -0.1) is 0 Å². The van der Waals surface area contributed by atoms with E-state index in [0.29, 0.717) is 0 Å². The summed E-state index contributed by atoms with van der Waals surface area (Å²) in [7, 11) is -5.17. The van der Waals surface area contributed by atoms with E-state index in [9.17, 15) is 0 Å². The van der Waals surface area contributed by atoms with Crippen LogP contribution in [0.2, 0.25) is 0 Å². The first-order valence-corrected chi connectivity index (χ1v) is 2.55. The van der Waals surface area contributed by atoms with Crippen LogP contribution in [0.15, 0.2) is 0 Å². The molecule has 0 aliphatic heterocycles. The molecule has 0 rings (SSSR count). The van der Waals surface area contributed by atoms with Gasteiger partial charge in [0.1, 0.15) is 0 Å². The van der Waals surface area contributed by atoms with E-state index in [1.54, 1.807) is 0 Å². The third kappa shape index (κ3) is 718. The van der Waals surface area contributed by atoms with Gasteiger partial charge in [-0.2, -0.15) is 0 Å². The van der Waals surface area contributed by atoms with Crippen LogP contribution in [0.25, 0.3) is 0 Å². The van der Waals surface area contributed by atoms with Gasteiger partial charge in [0.2, 0.25) is 0 Å². The number of hydrogen-bond acceptors (Lipinski definition) is 7. The monoisotopic (exact) mass is 479 g/mol. The summed E-state index contributed by atoms with van der Waals surface area (Å²) in [6, 6.07) is 0. The molecule has 0 saturated carbocycles. The molecule has 0 aromatic rings. The largest absolute Gasteiger partial charge is 1.00 e. The molecule has 8 nitrogen and oxygen atoms in total. The Kier molecular flexibility index (Phi) is 36.0. The van der Waals surface area contributed by atoms with Gasteiger partial charge in [0.05, 0.1) is 5.09 Å². The van der Waals surface area contributed by atoms with E-state index in [1.165, 1.54) is 0 Å². The van der Waals surface area contributed by atoms with Crippen LogP contribution in [-0.2, 0) is 77.5 Å². The van der Waals surface area contributed by atoms with Crippen LogP contribution in [0.4, 0.5) is 0 Å². The summed E-state index contributed by atoms with van der Waals surface area (Å²) in [5, 5.41) is 14.8. The van der Waals surface area contributed by atoms with E-state index >= 15 is 0 Å². The second kappa shape index (κ2) is 14.8. The fourth-order valence-corrected chi connectivity index (χ4v) is 0. The summed E-state index contributed by atoms with van der Waals surface area (Å²) < 4.78 is 34.1. The van der Waals surface area contributed by atoms with Crippen LogP contribution in [0.1, 0.15) is 0 Å². The zero-order chi connectivity index (χ0) is 8.08. The van der Waals surface area contributed by atoms with Crippen molar-refractivity contribution in [2.75, 3.05) is 0 Å².